The van der Waals surface area contributed by atoms with Crippen LogP contribution in [0, 0.1) is 5.41 Å². The number of aliphatic hydroxyl groups excluding tert-OH is 1. The number of carbonyl (C=O) groups is 1. The van der Waals surface area contributed by atoms with E-state index in [0.717, 1.165) is 6.42 Å². The van der Waals surface area contributed by atoms with Crippen LogP contribution in [-0.4, -0.2) is 65.3 Å². The molecule has 0 aromatic carbocycles. The van der Waals surface area contributed by atoms with Gasteiger partial charge in [-0.3, -0.25) is 0 Å². The summed E-state index contributed by atoms with van der Waals surface area (Å²) in [6.45, 7) is 7.11. The molecule has 122 valence electrons. The van der Waals surface area contributed by atoms with E-state index >= 15 is 0 Å². The summed E-state index contributed by atoms with van der Waals surface area (Å²) >= 11 is 0. The van der Waals surface area contributed by atoms with Crippen molar-refractivity contribution in [3.05, 3.63) is 0 Å². The van der Waals surface area contributed by atoms with Gasteiger partial charge in [0.25, 0.3) is 0 Å². The molecule has 1 unspecified atom stereocenters. The van der Waals surface area contributed by atoms with Crippen molar-refractivity contribution in [2.75, 3.05) is 32.9 Å². The van der Waals surface area contributed by atoms with E-state index < -0.39 is 16.6 Å². The summed E-state index contributed by atoms with van der Waals surface area (Å²) < 4.78 is 10.7. The van der Waals surface area contributed by atoms with Crippen LogP contribution in [0.25, 0.3) is 0 Å². The van der Waals surface area contributed by atoms with Gasteiger partial charge in [-0.15, -0.1) is 0 Å². The third kappa shape index (κ3) is 3.33. The monoisotopic (exact) mass is 301 g/mol. The molecule has 6 nitrogen and oxygen atoms in total. The van der Waals surface area contributed by atoms with Crippen LogP contribution < -0.4 is 0 Å². The van der Waals surface area contributed by atoms with Crippen molar-refractivity contribution in [1.29, 1.82) is 0 Å². The second-order valence-corrected chi connectivity index (χ2v) is 7.27. The van der Waals surface area contributed by atoms with Gasteiger partial charge in [-0.05, 0) is 33.6 Å². The molecule has 1 atom stereocenters. The van der Waals surface area contributed by atoms with E-state index in [0.29, 0.717) is 39.1 Å². The summed E-state index contributed by atoms with van der Waals surface area (Å²) in [4.78, 5) is 13.6. The molecule has 0 bridgehead atoms. The summed E-state index contributed by atoms with van der Waals surface area (Å²) in [5.41, 5.74) is -2.17. The van der Waals surface area contributed by atoms with Crippen molar-refractivity contribution < 1.29 is 24.5 Å². The third-order valence-corrected chi connectivity index (χ3v) is 4.47. The minimum atomic E-state index is -0.975. The minimum Gasteiger partial charge on any atom is -0.444 e. The molecular weight excluding hydrogens is 274 g/mol. The second kappa shape index (κ2) is 5.74. The van der Waals surface area contributed by atoms with Crippen LogP contribution in [0.3, 0.4) is 0 Å². The Labute approximate surface area is 126 Å². The summed E-state index contributed by atoms with van der Waals surface area (Å²) in [6.07, 6.45) is 1.47. The molecule has 2 N–H and O–H groups in total. The Balaban J connectivity index is 2.01. The van der Waals surface area contributed by atoms with Crippen molar-refractivity contribution in [3.8, 4) is 0 Å². The highest BCUT2D eigenvalue weighted by Gasteiger charge is 2.58. The number of hydrogen-bond acceptors (Lipinski definition) is 5. The average molecular weight is 301 g/mol. The fourth-order valence-electron chi connectivity index (χ4n) is 3.15. The van der Waals surface area contributed by atoms with Crippen LogP contribution in [-0.2, 0) is 9.47 Å². The van der Waals surface area contributed by atoms with Crippen molar-refractivity contribution in [1.82, 2.24) is 4.90 Å². The highest BCUT2D eigenvalue weighted by atomic mass is 16.6. The maximum Gasteiger partial charge on any atom is 0.410 e. The molecule has 0 aromatic rings. The van der Waals surface area contributed by atoms with E-state index in [1.807, 2.05) is 20.8 Å². The fourth-order valence-corrected chi connectivity index (χ4v) is 3.15. The second-order valence-electron chi connectivity index (χ2n) is 7.27. The van der Waals surface area contributed by atoms with Crippen LogP contribution in [0.5, 0.6) is 0 Å². The quantitative estimate of drug-likeness (QED) is 0.800. The summed E-state index contributed by atoms with van der Waals surface area (Å²) in [5, 5.41) is 20.7. The lowest BCUT2D eigenvalue weighted by molar-refractivity contribution is -0.183. The van der Waals surface area contributed by atoms with Gasteiger partial charge in [-0.2, -0.15) is 0 Å². The predicted molar refractivity (Wildman–Crippen MR) is 76.9 cm³/mol. The summed E-state index contributed by atoms with van der Waals surface area (Å²) in [5.74, 6) is 0. The molecule has 0 radical (unpaired) electrons. The van der Waals surface area contributed by atoms with Crippen LogP contribution >= 0.6 is 0 Å². The maximum atomic E-state index is 12.0. The number of hydrogen-bond donors (Lipinski definition) is 2. The number of likely N-dealkylation sites (tertiary alicyclic amines) is 1. The van der Waals surface area contributed by atoms with E-state index in [-0.39, 0.29) is 12.7 Å². The van der Waals surface area contributed by atoms with Gasteiger partial charge < -0.3 is 24.6 Å². The first-order valence-corrected chi connectivity index (χ1v) is 7.60. The van der Waals surface area contributed by atoms with Gasteiger partial charge in [0.05, 0.1) is 17.6 Å². The number of ether oxygens (including phenoxy) is 2. The average Bonchev–Trinajstić information content (AvgIpc) is 2.52. The lowest BCUT2D eigenvalue weighted by Crippen LogP contribution is -2.70. The predicted octanol–water partition coefficient (Wildman–Crippen LogP) is 1.15. The Kier molecular flexibility index (Phi) is 4.52. The molecule has 0 aliphatic carbocycles. The molecule has 2 saturated heterocycles. The smallest absolute Gasteiger partial charge is 0.410 e. The zero-order valence-corrected chi connectivity index (χ0v) is 13.2. The van der Waals surface area contributed by atoms with E-state index in [2.05, 4.69) is 0 Å². The molecule has 2 rings (SSSR count). The number of aliphatic hydroxyl groups is 2. The van der Waals surface area contributed by atoms with Crippen molar-refractivity contribution in [3.63, 3.8) is 0 Å². The highest BCUT2D eigenvalue weighted by Crippen LogP contribution is 2.46. The van der Waals surface area contributed by atoms with Gasteiger partial charge in [0.1, 0.15) is 5.60 Å². The number of nitrogens with zero attached hydrogens (tertiary/aromatic N) is 1. The Morgan fingerprint density at radius 1 is 1.29 bits per heavy atom. The lowest BCUT2D eigenvalue weighted by Gasteiger charge is -2.56. The molecule has 0 saturated carbocycles. The van der Waals surface area contributed by atoms with Crippen LogP contribution in [0.1, 0.15) is 40.0 Å². The summed E-state index contributed by atoms with van der Waals surface area (Å²) in [6, 6.07) is 0. The first-order valence-electron chi connectivity index (χ1n) is 7.60. The van der Waals surface area contributed by atoms with E-state index in [9.17, 15) is 15.0 Å². The molecule has 6 heteroatoms. The molecule has 0 spiro atoms. The number of rotatable bonds is 2. The molecular formula is C15H27NO5. The Hall–Kier alpha value is -0.850. The Morgan fingerprint density at radius 2 is 1.95 bits per heavy atom. The first-order chi connectivity index (χ1) is 9.71. The van der Waals surface area contributed by atoms with Crippen LogP contribution in [0.2, 0.25) is 0 Å². The van der Waals surface area contributed by atoms with E-state index in [1.54, 1.807) is 4.90 Å². The fraction of sp³-hybridized carbons (Fsp3) is 0.933. The van der Waals surface area contributed by atoms with Crippen molar-refractivity contribution >= 4 is 6.09 Å². The van der Waals surface area contributed by atoms with Gasteiger partial charge in [0, 0.05) is 32.7 Å². The standard InChI is InChI=1S/C15H27NO5/c1-13(2,3)21-12(18)16-9-14(10-16,11-17)15(19)5-4-7-20-8-6-15/h17,19H,4-11H2,1-3H3. The van der Waals surface area contributed by atoms with Gasteiger partial charge in [-0.1, -0.05) is 0 Å². The Bertz CT molecular complexity index is 376. The van der Waals surface area contributed by atoms with E-state index in [1.165, 1.54) is 0 Å². The van der Waals surface area contributed by atoms with Crippen molar-refractivity contribution in [2.24, 2.45) is 5.41 Å². The molecule has 2 fully saturated rings. The minimum absolute atomic E-state index is 0.136. The molecule has 2 aliphatic heterocycles. The van der Waals surface area contributed by atoms with Gasteiger partial charge in [0.15, 0.2) is 0 Å². The SMILES string of the molecule is CC(C)(C)OC(=O)N1CC(CO)(C2(O)CCCOCC2)C1. The van der Waals surface area contributed by atoms with Gasteiger partial charge in [0.2, 0.25) is 0 Å². The maximum absolute atomic E-state index is 12.0. The zero-order chi connectivity index (χ0) is 15.7. The van der Waals surface area contributed by atoms with E-state index in [4.69, 9.17) is 9.47 Å². The van der Waals surface area contributed by atoms with Gasteiger partial charge in [-0.25, -0.2) is 4.79 Å². The molecule has 2 aliphatic rings. The van der Waals surface area contributed by atoms with Gasteiger partial charge >= 0.3 is 6.09 Å². The molecule has 0 aromatic heterocycles. The van der Waals surface area contributed by atoms with Crippen LogP contribution in [0.15, 0.2) is 0 Å². The lowest BCUT2D eigenvalue weighted by atomic mass is 9.64. The molecule has 1 amide bonds. The molecule has 2 heterocycles. The number of amides is 1. The highest BCUT2D eigenvalue weighted by molar-refractivity contribution is 5.69. The van der Waals surface area contributed by atoms with Crippen molar-refractivity contribution in [2.45, 2.75) is 51.2 Å². The normalized spacial score (nSPS) is 29.5. The third-order valence-electron chi connectivity index (χ3n) is 4.47. The zero-order valence-electron chi connectivity index (χ0n) is 13.2. The molecule has 21 heavy (non-hydrogen) atoms. The summed E-state index contributed by atoms with van der Waals surface area (Å²) in [7, 11) is 0. The first kappa shape index (κ1) is 16.5. The van der Waals surface area contributed by atoms with Crippen LogP contribution in [0.4, 0.5) is 4.79 Å². The topological polar surface area (TPSA) is 79.2 Å². The number of carbonyl (C=O) groups excluding carboxylic acids is 1. The Morgan fingerprint density at radius 3 is 2.52 bits per heavy atom. The largest absolute Gasteiger partial charge is 0.444 e.